The molecule has 2 N–H and O–H groups in total. The first kappa shape index (κ1) is 22.4. The third-order valence-corrected chi connectivity index (χ3v) is 6.16. The van der Waals surface area contributed by atoms with Crippen molar-refractivity contribution in [1.29, 1.82) is 0 Å². The van der Waals surface area contributed by atoms with Crippen molar-refractivity contribution in [3.05, 3.63) is 48.2 Å². The van der Waals surface area contributed by atoms with E-state index in [0.717, 1.165) is 50.0 Å². The molecule has 0 aliphatic carbocycles. The highest BCUT2D eigenvalue weighted by Crippen LogP contribution is 2.24. The maximum absolute atomic E-state index is 13.2. The van der Waals surface area contributed by atoms with Gasteiger partial charge in [0.15, 0.2) is 0 Å². The van der Waals surface area contributed by atoms with Crippen LogP contribution in [0.2, 0.25) is 0 Å². The SMILES string of the molecule is Cl.Cn1c(C(=O)N2CCCC(CNC(=O)C3CCCN3)C2)ccc1-c1ccccc1. The zero-order chi connectivity index (χ0) is 20.2. The predicted molar refractivity (Wildman–Crippen MR) is 121 cm³/mol. The van der Waals surface area contributed by atoms with Crippen molar-refractivity contribution in [3.63, 3.8) is 0 Å². The van der Waals surface area contributed by atoms with Crippen LogP contribution in [0.25, 0.3) is 11.3 Å². The molecule has 1 aromatic heterocycles. The van der Waals surface area contributed by atoms with Crippen molar-refractivity contribution in [2.45, 2.75) is 31.7 Å². The topological polar surface area (TPSA) is 66.4 Å². The fraction of sp³-hybridized carbons (Fsp3) is 0.478. The minimum atomic E-state index is -0.0453. The third-order valence-electron chi connectivity index (χ3n) is 6.16. The summed E-state index contributed by atoms with van der Waals surface area (Å²) < 4.78 is 1.98. The maximum atomic E-state index is 13.2. The monoisotopic (exact) mass is 430 g/mol. The van der Waals surface area contributed by atoms with Gasteiger partial charge in [-0.05, 0) is 55.8 Å². The number of piperidine rings is 1. The Morgan fingerprint density at radius 1 is 1.10 bits per heavy atom. The van der Waals surface area contributed by atoms with Crippen LogP contribution in [-0.4, -0.2) is 53.5 Å². The number of rotatable bonds is 5. The van der Waals surface area contributed by atoms with Crippen LogP contribution in [0, 0.1) is 5.92 Å². The lowest BCUT2D eigenvalue weighted by atomic mass is 9.97. The normalized spacial score (nSPS) is 21.2. The van der Waals surface area contributed by atoms with E-state index >= 15 is 0 Å². The lowest BCUT2D eigenvalue weighted by molar-refractivity contribution is -0.123. The van der Waals surface area contributed by atoms with E-state index in [0.29, 0.717) is 24.7 Å². The summed E-state index contributed by atoms with van der Waals surface area (Å²) in [5.74, 6) is 0.482. The molecule has 0 bridgehead atoms. The minimum Gasteiger partial charge on any atom is -0.354 e. The number of carbonyl (C=O) groups is 2. The molecule has 30 heavy (non-hydrogen) atoms. The van der Waals surface area contributed by atoms with Crippen molar-refractivity contribution in [2.24, 2.45) is 13.0 Å². The van der Waals surface area contributed by atoms with E-state index in [1.165, 1.54) is 0 Å². The Bertz CT molecular complexity index is 861. The molecular weight excluding hydrogens is 400 g/mol. The largest absolute Gasteiger partial charge is 0.354 e. The van der Waals surface area contributed by atoms with Gasteiger partial charge in [0, 0.05) is 32.4 Å². The van der Waals surface area contributed by atoms with Crippen LogP contribution in [0.1, 0.15) is 36.2 Å². The molecule has 1 aromatic carbocycles. The van der Waals surface area contributed by atoms with Crippen LogP contribution in [0.5, 0.6) is 0 Å². The Kier molecular flexibility index (Phi) is 7.56. The van der Waals surface area contributed by atoms with Gasteiger partial charge >= 0.3 is 0 Å². The number of aromatic nitrogens is 1. The standard InChI is InChI=1S/C23H30N4O2.ClH/c1-26-20(18-8-3-2-4-9-18)11-12-21(26)23(29)27-14-6-7-17(16-27)15-25-22(28)19-10-5-13-24-19;/h2-4,8-9,11-12,17,19,24H,5-7,10,13-16H2,1H3,(H,25,28);1H. The Hall–Kier alpha value is -2.31. The molecule has 4 rings (SSSR count). The zero-order valence-corrected chi connectivity index (χ0v) is 18.3. The summed E-state index contributed by atoms with van der Waals surface area (Å²) in [7, 11) is 1.95. The first-order valence-electron chi connectivity index (χ1n) is 10.6. The number of hydrogen-bond donors (Lipinski definition) is 2. The molecule has 3 heterocycles. The lowest BCUT2D eigenvalue weighted by Crippen LogP contribution is -2.47. The van der Waals surface area contributed by atoms with Crippen LogP contribution in [0.15, 0.2) is 42.5 Å². The van der Waals surface area contributed by atoms with Crippen LogP contribution >= 0.6 is 12.4 Å². The van der Waals surface area contributed by atoms with Gasteiger partial charge in [-0.15, -0.1) is 12.4 Å². The molecular formula is C23H31ClN4O2. The molecule has 0 radical (unpaired) electrons. The van der Waals surface area contributed by atoms with Gasteiger partial charge in [0.2, 0.25) is 5.91 Å². The molecule has 2 amide bonds. The van der Waals surface area contributed by atoms with E-state index in [1.54, 1.807) is 0 Å². The fourth-order valence-electron chi connectivity index (χ4n) is 4.48. The summed E-state index contributed by atoms with van der Waals surface area (Å²) >= 11 is 0. The molecule has 2 fully saturated rings. The van der Waals surface area contributed by atoms with Gasteiger partial charge in [-0.1, -0.05) is 30.3 Å². The van der Waals surface area contributed by atoms with Gasteiger partial charge in [-0.2, -0.15) is 0 Å². The van der Waals surface area contributed by atoms with E-state index in [-0.39, 0.29) is 30.3 Å². The zero-order valence-electron chi connectivity index (χ0n) is 17.5. The van der Waals surface area contributed by atoms with E-state index < -0.39 is 0 Å². The number of nitrogens with zero attached hydrogens (tertiary/aromatic N) is 2. The van der Waals surface area contributed by atoms with Gasteiger partial charge in [0.1, 0.15) is 5.69 Å². The highest BCUT2D eigenvalue weighted by Gasteiger charge is 2.28. The molecule has 2 unspecified atom stereocenters. The molecule has 162 valence electrons. The third kappa shape index (κ3) is 4.87. The first-order chi connectivity index (χ1) is 14.1. The molecule has 0 saturated carbocycles. The number of likely N-dealkylation sites (tertiary alicyclic amines) is 1. The predicted octanol–water partition coefficient (Wildman–Crippen LogP) is 2.83. The highest BCUT2D eigenvalue weighted by molar-refractivity contribution is 5.94. The Labute approximate surface area is 184 Å². The molecule has 2 atom stereocenters. The van der Waals surface area contributed by atoms with Gasteiger partial charge in [0.05, 0.1) is 6.04 Å². The molecule has 7 heteroatoms. The molecule has 0 spiro atoms. The second-order valence-electron chi connectivity index (χ2n) is 8.18. The van der Waals surface area contributed by atoms with Gasteiger partial charge < -0.3 is 20.1 Å². The molecule has 2 aliphatic heterocycles. The summed E-state index contributed by atoms with van der Waals surface area (Å²) in [6, 6.07) is 14.0. The number of benzene rings is 1. The van der Waals surface area contributed by atoms with Crippen molar-refractivity contribution in [3.8, 4) is 11.3 Å². The second-order valence-corrected chi connectivity index (χ2v) is 8.18. The smallest absolute Gasteiger partial charge is 0.270 e. The van der Waals surface area contributed by atoms with Crippen molar-refractivity contribution in [1.82, 2.24) is 20.1 Å². The average molecular weight is 431 g/mol. The highest BCUT2D eigenvalue weighted by atomic mass is 35.5. The van der Waals surface area contributed by atoms with Gasteiger partial charge in [0.25, 0.3) is 5.91 Å². The van der Waals surface area contributed by atoms with Crippen LogP contribution in [0.3, 0.4) is 0 Å². The summed E-state index contributed by atoms with van der Waals surface area (Å²) in [5, 5.41) is 6.32. The molecule has 2 aromatic rings. The van der Waals surface area contributed by atoms with Gasteiger partial charge in [-0.3, -0.25) is 9.59 Å². The van der Waals surface area contributed by atoms with Crippen molar-refractivity contribution >= 4 is 24.2 Å². The summed E-state index contributed by atoms with van der Waals surface area (Å²) in [5.41, 5.74) is 2.86. The summed E-state index contributed by atoms with van der Waals surface area (Å²) in [4.78, 5) is 27.4. The van der Waals surface area contributed by atoms with Crippen molar-refractivity contribution in [2.75, 3.05) is 26.2 Å². The quantitative estimate of drug-likeness (QED) is 0.766. The van der Waals surface area contributed by atoms with E-state index in [2.05, 4.69) is 22.8 Å². The Morgan fingerprint density at radius 2 is 1.90 bits per heavy atom. The average Bonchev–Trinajstić information content (AvgIpc) is 3.42. The van der Waals surface area contributed by atoms with Crippen LogP contribution in [-0.2, 0) is 11.8 Å². The lowest BCUT2D eigenvalue weighted by Gasteiger charge is -2.33. The minimum absolute atomic E-state index is 0. The number of carbonyl (C=O) groups excluding carboxylic acids is 2. The first-order valence-corrected chi connectivity index (χ1v) is 10.6. The number of amides is 2. The van der Waals surface area contributed by atoms with E-state index in [4.69, 9.17) is 0 Å². The molecule has 2 aliphatic rings. The molecule has 2 saturated heterocycles. The maximum Gasteiger partial charge on any atom is 0.270 e. The van der Waals surface area contributed by atoms with Gasteiger partial charge in [-0.25, -0.2) is 0 Å². The van der Waals surface area contributed by atoms with E-state index in [9.17, 15) is 9.59 Å². The Morgan fingerprint density at radius 3 is 2.63 bits per heavy atom. The Balaban J connectivity index is 0.00000256. The second kappa shape index (κ2) is 10.1. The summed E-state index contributed by atoms with van der Waals surface area (Å²) in [6.07, 6.45) is 4.00. The molecule has 6 nitrogen and oxygen atoms in total. The van der Waals surface area contributed by atoms with E-state index in [1.807, 2.05) is 46.8 Å². The number of hydrogen-bond acceptors (Lipinski definition) is 3. The van der Waals surface area contributed by atoms with Crippen molar-refractivity contribution < 1.29 is 9.59 Å². The van der Waals surface area contributed by atoms with Crippen LogP contribution in [0.4, 0.5) is 0 Å². The number of nitrogens with one attached hydrogen (secondary N) is 2. The summed E-state index contributed by atoms with van der Waals surface area (Å²) in [6.45, 7) is 3.04. The number of halogens is 1. The fourth-order valence-corrected chi connectivity index (χ4v) is 4.48. The van der Waals surface area contributed by atoms with Crippen LogP contribution < -0.4 is 10.6 Å².